The number of thioether (sulfide) groups is 1. The van der Waals surface area contributed by atoms with Gasteiger partial charge in [-0.15, -0.1) is 11.3 Å². The number of sulfonamides is 1. The Balaban J connectivity index is 1.38. The molecular weight excluding hydrogens is 497 g/mol. The number of para-hydroxylation sites is 1. The molecule has 0 spiro atoms. The predicted octanol–water partition coefficient (Wildman–Crippen LogP) is 3.49. The van der Waals surface area contributed by atoms with Gasteiger partial charge in [-0.05, 0) is 23.6 Å². The second-order valence-corrected chi connectivity index (χ2v) is 13.8. The molecule has 0 aliphatic carbocycles. The number of rotatable bonds is 7. The van der Waals surface area contributed by atoms with E-state index in [1.807, 2.05) is 18.2 Å². The maximum Gasteiger partial charge on any atom is 0.277 e. The molecule has 1 aromatic carbocycles. The van der Waals surface area contributed by atoms with Gasteiger partial charge in [0, 0.05) is 58.8 Å². The van der Waals surface area contributed by atoms with E-state index in [1.165, 1.54) is 21.8 Å². The van der Waals surface area contributed by atoms with E-state index in [4.69, 9.17) is 4.99 Å². The summed E-state index contributed by atoms with van der Waals surface area (Å²) in [5.74, 6) is 1.51. The molecule has 11 heteroatoms. The van der Waals surface area contributed by atoms with Gasteiger partial charge < -0.3 is 9.88 Å². The highest BCUT2D eigenvalue weighted by atomic mass is 32.2. The number of thiophene rings is 1. The van der Waals surface area contributed by atoms with Crippen LogP contribution in [0.25, 0.3) is 10.9 Å². The van der Waals surface area contributed by atoms with E-state index in [2.05, 4.69) is 16.5 Å². The van der Waals surface area contributed by atoms with Crippen LogP contribution in [0.2, 0.25) is 0 Å². The van der Waals surface area contributed by atoms with Crippen LogP contribution in [0.4, 0.5) is 5.69 Å². The largest absolute Gasteiger partial charge is 0.351 e. The maximum atomic E-state index is 13.2. The molecule has 1 unspecified atom stereocenters. The Bertz CT molecular complexity index is 1320. The zero-order valence-corrected chi connectivity index (χ0v) is 21.1. The first kappa shape index (κ1) is 22.9. The number of benzene rings is 1. The van der Waals surface area contributed by atoms with Crippen molar-refractivity contribution in [3.8, 4) is 0 Å². The lowest BCUT2D eigenvalue weighted by atomic mass is 10.2. The summed E-state index contributed by atoms with van der Waals surface area (Å²) >= 11 is 2.93. The number of hydrogen-bond donors (Lipinski definition) is 1. The monoisotopic (exact) mass is 520 g/mol. The van der Waals surface area contributed by atoms with Crippen molar-refractivity contribution >= 4 is 65.6 Å². The second kappa shape index (κ2) is 9.38. The first-order valence-electron chi connectivity index (χ1n) is 10.6. The van der Waals surface area contributed by atoms with E-state index < -0.39 is 20.8 Å². The molecule has 4 heterocycles. The molecule has 0 bridgehead atoms. The average Bonchev–Trinajstić information content (AvgIpc) is 3.56. The van der Waals surface area contributed by atoms with E-state index in [0.717, 1.165) is 59.3 Å². The van der Waals surface area contributed by atoms with Crippen molar-refractivity contribution in [2.75, 3.05) is 42.0 Å². The highest BCUT2D eigenvalue weighted by Gasteiger charge is 2.28. The van der Waals surface area contributed by atoms with Gasteiger partial charge in [0.25, 0.3) is 10.0 Å². The minimum absolute atomic E-state index is 0.270. The number of aromatic nitrogens is 1. The normalized spacial score (nSPS) is 20.2. The summed E-state index contributed by atoms with van der Waals surface area (Å²) in [6.45, 7) is 7.20. The van der Waals surface area contributed by atoms with Gasteiger partial charge in [-0.2, -0.15) is 8.42 Å². The molecule has 33 heavy (non-hydrogen) atoms. The molecule has 2 aliphatic heterocycles. The lowest BCUT2D eigenvalue weighted by Crippen LogP contribution is -2.41. The predicted molar refractivity (Wildman–Crippen MR) is 140 cm³/mol. The van der Waals surface area contributed by atoms with Gasteiger partial charge in [0.15, 0.2) is 0 Å². The van der Waals surface area contributed by atoms with E-state index in [0.29, 0.717) is 10.9 Å². The molecule has 3 aromatic rings. The van der Waals surface area contributed by atoms with Crippen molar-refractivity contribution in [2.45, 2.75) is 9.46 Å². The standard InChI is InChI=1S/C22H24N4O3S4/c1-2-26(33(28,29)20-7-4-10-30-20)19-6-3-5-16-13-18(24-21(16)19)22-23-14-17(31-22)15-25-8-11-32(27)12-9-25/h2-7,10,13,17,24H,1,8-9,11-12,14-15H2. The quantitative estimate of drug-likeness (QED) is 0.515. The van der Waals surface area contributed by atoms with Crippen molar-refractivity contribution in [2.24, 2.45) is 4.99 Å². The number of aliphatic imine (C=N–C) groups is 1. The van der Waals surface area contributed by atoms with Gasteiger partial charge in [0.05, 0.1) is 23.4 Å². The van der Waals surface area contributed by atoms with Crippen molar-refractivity contribution in [3.63, 3.8) is 0 Å². The summed E-state index contributed by atoms with van der Waals surface area (Å²) in [6, 6.07) is 10.9. The number of aromatic amines is 1. The number of nitrogens with zero attached hydrogens (tertiary/aromatic N) is 3. The van der Waals surface area contributed by atoms with Crippen LogP contribution >= 0.6 is 23.1 Å². The average molecular weight is 521 g/mol. The lowest BCUT2D eigenvalue weighted by molar-refractivity contribution is 0.302. The molecule has 1 atom stereocenters. The third-order valence-electron chi connectivity index (χ3n) is 5.73. The third kappa shape index (κ3) is 4.57. The highest BCUT2D eigenvalue weighted by Crippen LogP contribution is 2.34. The molecular formula is C22H24N4O3S4. The van der Waals surface area contributed by atoms with E-state index in [-0.39, 0.29) is 4.21 Å². The smallest absolute Gasteiger partial charge is 0.277 e. The Hall–Kier alpha value is -1.92. The first-order chi connectivity index (χ1) is 16.0. The molecule has 1 N–H and O–H groups in total. The maximum absolute atomic E-state index is 13.2. The van der Waals surface area contributed by atoms with Crippen LogP contribution in [0.3, 0.4) is 0 Å². The van der Waals surface area contributed by atoms with Crippen LogP contribution in [0.15, 0.2) is 63.8 Å². The Labute approximate surface area is 204 Å². The highest BCUT2D eigenvalue weighted by molar-refractivity contribution is 8.15. The summed E-state index contributed by atoms with van der Waals surface area (Å²) in [4.78, 5) is 10.5. The van der Waals surface area contributed by atoms with Crippen molar-refractivity contribution < 1.29 is 12.6 Å². The summed E-state index contributed by atoms with van der Waals surface area (Å²) in [7, 11) is -4.41. The van der Waals surface area contributed by atoms with Crippen LogP contribution < -0.4 is 4.31 Å². The number of H-pyrrole nitrogens is 1. The zero-order chi connectivity index (χ0) is 23.0. The third-order valence-corrected chi connectivity index (χ3v) is 11.3. The molecule has 2 aliphatic rings. The van der Waals surface area contributed by atoms with Crippen LogP contribution in [0.5, 0.6) is 0 Å². The molecule has 5 rings (SSSR count). The number of nitrogens with one attached hydrogen (secondary N) is 1. The lowest BCUT2D eigenvalue weighted by Gasteiger charge is -2.27. The molecule has 0 amide bonds. The van der Waals surface area contributed by atoms with E-state index in [1.54, 1.807) is 35.3 Å². The molecule has 7 nitrogen and oxygen atoms in total. The minimum Gasteiger partial charge on any atom is -0.351 e. The van der Waals surface area contributed by atoms with Crippen LogP contribution in [-0.4, -0.2) is 70.5 Å². The Kier molecular flexibility index (Phi) is 6.49. The molecule has 1 saturated heterocycles. The zero-order valence-electron chi connectivity index (χ0n) is 17.8. The van der Waals surface area contributed by atoms with Crippen LogP contribution in [-0.2, 0) is 20.8 Å². The number of fused-ring (bicyclic) bond motifs is 1. The number of anilines is 1. The summed E-state index contributed by atoms with van der Waals surface area (Å²) in [5, 5.41) is 3.97. The van der Waals surface area contributed by atoms with Gasteiger partial charge in [-0.25, -0.2) is 4.31 Å². The van der Waals surface area contributed by atoms with Gasteiger partial charge in [0.2, 0.25) is 0 Å². The number of hydrogen-bond acceptors (Lipinski definition) is 7. The summed E-state index contributed by atoms with van der Waals surface area (Å²) in [5.41, 5.74) is 2.16. The van der Waals surface area contributed by atoms with Crippen molar-refractivity contribution in [3.05, 3.63) is 60.3 Å². The van der Waals surface area contributed by atoms with Gasteiger partial charge in [-0.3, -0.25) is 9.20 Å². The molecule has 2 aromatic heterocycles. The fourth-order valence-electron chi connectivity index (χ4n) is 4.08. The van der Waals surface area contributed by atoms with Crippen LogP contribution in [0.1, 0.15) is 5.69 Å². The molecule has 0 radical (unpaired) electrons. The molecule has 174 valence electrons. The first-order valence-corrected chi connectivity index (χ1v) is 15.3. The molecule has 1 fully saturated rings. The fraction of sp³-hybridized carbons (Fsp3) is 0.318. The van der Waals surface area contributed by atoms with Crippen molar-refractivity contribution in [1.82, 2.24) is 9.88 Å². The summed E-state index contributed by atoms with van der Waals surface area (Å²) in [6.07, 6.45) is 1.34. The summed E-state index contributed by atoms with van der Waals surface area (Å²) < 4.78 is 39.5. The topological polar surface area (TPSA) is 85.8 Å². The second-order valence-electron chi connectivity index (χ2n) is 7.87. The van der Waals surface area contributed by atoms with Gasteiger partial charge in [-0.1, -0.05) is 36.5 Å². The fourth-order valence-corrected chi connectivity index (χ4v) is 8.74. The Morgan fingerprint density at radius 3 is 2.82 bits per heavy atom. The van der Waals surface area contributed by atoms with Gasteiger partial charge >= 0.3 is 0 Å². The van der Waals surface area contributed by atoms with Gasteiger partial charge in [0.1, 0.15) is 9.25 Å². The van der Waals surface area contributed by atoms with E-state index >= 15 is 0 Å². The van der Waals surface area contributed by atoms with Crippen molar-refractivity contribution in [1.29, 1.82) is 0 Å². The SMILES string of the molecule is C=CN(c1cccc2cc(C3=NCC(CN4CCS(=O)CC4)S3)[nH]c12)S(=O)(=O)c1cccs1. The minimum atomic E-state index is -3.74. The van der Waals surface area contributed by atoms with Crippen LogP contribution in [0, 0.1) is 0 Å². The Morgan fingerprint density at radius 2 is 2.09 bits per heavy atom. The Morgan fingerprint density at radius 1 is 1.27 bits per heavy atom. The van der Waals surface area contributed by atoms with E-state index in [9.17, 15) is 12.6 Å². The molecule has 0 saturated carbocycles.